The molecular weight excluding hydrogens is 180 g/mol. The molecule has 0 atom stereocenters. The third-order valence-corrected chi connectivity index (χ3v) is 2.49. The van der Waals surface area contributed by atoms with Crippen LogP contribution in [0, 0.1) is 6.92 Å². The second kappa shape index (κ2) is 4.48. The van der Waals surface area contributed by atoms with Gasteiger partial charge >= 0.3 is 0 Å². The van der Waals surface area contributed by atoms with Crippen molar-refractivity contribution in [3.05, 3.63) is 46.5 Å². The van der Waals surface area contributed by atoms with Crippen LogP contribution >= 0.6 is 11.6 Å². The van der Waals surface area contributed by atoms with E-state index < -0.39 is 0 Å². The van der Waals surface area contributed by atoms with Gasteiger partial charge in [0.15, 0.2) is 0 Å². The summed E-state index contributed by atoms with van der Waals surface area (Å²) in [5, 5.41) is 0.846. The molecule has 0 saturated heterocycles. The SMILES string of the molecule is C=C(C)CCc1ccc(Cl)c(C)c1. The summed E-state index contributed by atoms with van der Waals surface area (Å²) in [6.45, 7) is 7.98. The lowest BCUT2D eigenvalue weighted by Crippen LogP contribution is -1.87. The Morgan fingerprint density at radius 2 is 2.15 bits per heavy atom. The van der Waals surface area contributed by atoms with Crippen molar-refractivity contribution in [3.8, 4) is 0 Å². The molecule has 0 amide bonds. The summed E-state index contributed by atoms with van der Waals surface area (Å²) >= 11 is 5.93. The van der Waals surface area contributed by atoms with Gasteiger partial charge in [0.1, 0.15) is 0 Å². The van der Waals surface area contributed by atoms with E-state index in [0.717, 1.165) is 23.4 Å². The number of hydrogen-bond donors (Lipinski definition) is 0. The van der Waals surface area contributed by atoms with Gasteiger partial charge in [-0.3, -0.25) is 0 Å². The molecule has 0 aliphatic carbocycles. The molecule has 0 aromatic heterocycles. The van der Waals surface area contributed by atoms with E-state index in [-0.39, 0.29) is 0 Å². The van der Waals surface area contributed by atoms with Gasteiger partial charge in [-0.15, -0.1) is 6.58 Å². The molecule has 0 N–H and O–H groups in total. The lowest BCUT2D eigenvalue weighted by molar-refractivity contribution is 0.944. The Labute approximate surface area is 85.2 Å². The van der Waals surface area contributed by atoms with Crippen LogP contribution in [0.5, 0.6) is 0 Å². The van der Waals surface area contributed by atoms with E-state index in [2.05, 4.69) is 25.6 Å². The van der Waals surface area contributed by atoms with Crippen molar-refractivity contribution in [1.82, 2.24) is 0 Å². The van der Waals surface area contributed by atoms with E-state index in [0.29, 0.717) is 0 Å². The second-order valence-electron chi connectivity index (χ2n) is 3.54. The van der Waals surface area contributed by atoms with Crippen molar-refractivity contribution in [2.24, 2.45) is 0 Å². The Morgan fingerprint density at radius 1 is 1.46 bits per heavy atom. The highest BCUT2D eigenvalue weighted by molar-refractivity contribution is 6.31. The highest BCUT2D eigenvalue weighted by atomic mass is 35.5. The summed E-state index contributed by atoms with van der Waals surface area (Å²) in [7, 11) is 0. The van der Waals surface area contributed by atoms with Crippen LogP contribution in [-0.2, 0) is 6.42 Å². The molecule has 0 nitrogen and oxygen atoms in total. The summed E-state index contributed by atoms with van der Waals surface area (Å²) in [5.74, 6) is 0. The van der Waals surface area contributed by atoms with Gasteiger partial charge in [-0.1, -0.05) is 29.3 Å². The average molecular weight is 195 g/mol. The van der Waals surface area contributed by atoms with Gasteiger partial charge in [0.05, 0.1) is 0 Å². The van der Waals surface area contributed by atoms with Crippen LogP contribution in [0.2, 0.25) is 5.02 Å². The molecule has 0 unspecified atom stereocenters. The molecular formula is C12H15Cl. The number of hydrogen-bond acceptors (Lipinski definition) is 0. The Kier molecular flexibility index (Phi) is 3.56. The van der Waals surface area contributed by atoms with E-state index in [1.54, 1.807) is 0 Å². The molecule has 1 heteroatoms. The Morgan fingerprint density at radius 3 is 2.69 bits per heavy atom. The minimum absolute atomic E-state index is 0.846. The largest absolute Gasteiger partial charge is 0.100 e. The zero-order valence-electron chi connectivity index (χ0n) is 8.23. The van der Waals surface area contributed by atoms with Crippen LogP contribution in [0.15, 0.2) is 30.4 Å². The highest BCUT2D eigenvalue weighted by Crippen LogP contribution is 2.17. The van der Waals surface area contributed by atoms with Crippen molar-refractivity contribution in [2.45, 2.75) is 26.7 Å². The molecule has 0 bridgehead atoms. The minimum atomic E-state index is 0.846. The van der Waals surface area contributed by atoms with Gasteiger partial charge in [0.2, 0.25) is 0 Å². The predicted octanol–water partition coefficient (Wildman–Crippen LogP) is 4.16. The van der Waals surface area contributed by atoms with E-state index >= 15 is 0 Å². The molecule has 0 radical (unpaired) electrons. The maximum atomic E-state index is 5.93. The zero-order chi connectivity index (χ0) is 9.84. The number of allylic oxidation sites excluding steroid dienone is 1. The van der Waals surface area contributed by atoms with Crippen LogP contribution in [0.4, 0.5) is 0 Å². The number of rotatable bonds is 3. The van der Waals surface area contributed by atoms with Crippen LogP contribution in [0.1, 0.15) is 24.5 Å². The first-order chi connectivity index (χ1) is 6.09. The molecule has 1 rings (SSSR count). The van der Waals surface area contributed by atoms with Gasteiger partial charge in [-0.2, -0.15) is 0 Å². The molecule has 0 aliphatic heterocycles. The minimum Gasteiger partial charge on any atom is -0.100 e. The number of aryl methyl sites for hydroxylation is 2. The summed E-state index contributed by atoms with van der Waals surface area (Å²) in [5.41, 5.74) is 3.72. The van der Waals surface area contributed by atoms with Crippen LogP contribution < -0.4 is 0 Å². The van der Waals surface area contributed by atoms with Crippen molar-refractivity contribution >= 4 is 11.6 Å². The third kappa shape index (κ3) is 3.23. The Balaban J connectivity index is 2.68. The first kappa shape index (κ1) is 10.3. The second-order valence-corrected chi connectivity index (χ2v) is 3.95. The number of halogens is 1. The van der Waals surface area contributed by atoms with E-state index in [4.69, 9.17) is 11.6 Å². The van der Waals surface area contributed by atoms with Gasteiger partial charge in [0.25, 0.3) is 0 Å². The molecule has 1 aromatic carbocycles. The molecule has 13 heavy (non-hydrogen) atoms. The van der Waals surface area contributed by atoms with Crippen molar-refractivity contribution in [3.63, 3.8) is 0 Å². The van der Waals surface area contributed by atoms with Crippen LogP contribution in [-0.4, -0.2) is 0 Å². The summed E-state index contributed by atoms with van der Waals surface area (Å²) in [4.78, 5) is 0. The fourth-order valence-corrected chi connectivity index (χ4v) is 1.34. The molecule has 1 aromatic rings. The fraction of sp³-hybridized carbons (Fsp3) is 0.333. The van der Waals surface area contributed by atoms with Crippen molar-refractivity contribution in [1.29, 1.82) is 0 Å². The Bertz CT molecular complexity index is 313. The fourth-order valence-electron chi connectivity index (χ4n) is 1.22. The van der Waals surface area contributed by atoms with Gasteiger partial charge in [-0.25, -0.2) is 0 Å². The molecule has 0 saturated carbocycles. The monoisotopic (exact) mass is 194 g/mol. The van der Waals surface area contributed by atoms with E-state index in [1.807, 2.05) is 13.0 Å². The topological polar surface area (TPSA) is 0 Å². The predicted molar refractivity (Wildman–Crippen MR) is 59.3 cm³/mol. The highest BCUT2D eigenvalue weighted by Gasteiger charge is 1.97. The zero-order valence-corrected chi connectivity index (χ0v) is 8.99. The molecule has 0 spiro atoms. The molecule has 0 heterocycles. The van der Waals surface area contributed by atoms with Gasteiger partial charge in [0, 0.05) is 5.02 Å². The van der Waals surface area contributed by atoms with Crippen molar-refractivity contribution in [2.75, 3.05) is 0 Å². The summed E-state index contributed by atoms with van der Waals surface area (Å²) in [6.07, 6.45) is 2.12. The first-order valence-corrected chi connectivity index (χ1v) is 4.87. The van der Waals surface area contributed by atoms with Gasteiger partial charge < -0.3 is 0 Å². The molecule has 0 aliphatic rings. The molecule has 70 valence electrons. The Hall–Kier alpha value is -0.750. The maximum absolute atomic E-state index is 5.93. The van der Waals surface area contributed by atoms with E-state index in [1.165, 1.54) is 11.1 Å². The number of benzene rings is 1. The maximum Gasteiger partial charge on any atom is 0.0435 e. The normalized spacial score (nSPS) is 10.1. The summed E-state index contributed by atoms with van der Waals surface area (Å²) < 4.78 is 0. The van der Waals surface area contributed by atoms with Crippen molar-refractivity contribution < 1.29 is 0 Å². The first-order valence-electron chi connectivity index (χ1n) is 4.49. The van der Waals surface area contributed by atoms with E-state index in [9.17, 15) is 0 Å². The lowest BCUT2D eigenvalue weighted by Gasteiger charge is -2.03. The van der Waals surface area contributed by atoms with Gasteiger partial charge in [-0.05, 0) is 43.9 Å². The molecule has 0 fully saturated rings. The van der Waals surface area contributed by atoms with Crippen LogP contribution in [0.25, 0.3) is 0 Å². The quantitative estimate of drug-likeness (QED) is 0.634. The average Bonchev–Trinajstić information content (AvgIpc) is 2.07. The van der Waals surface area contributed by atoms with Crippen LogP contribution in [0.3, 0.4) is 0 Å². The summed E-state index contributed by atoms with van der Waals surface area (Å²) in [6, 6.07) is 6.19. The smallest absolute Gasteiger partial charge is 0.0435 e. The third-order valence-electron chi connectivity index (χ3n) is 2.06. The standard InChI is InChI=1S/C12H15Cl/c1-9(2)4-5-11-6-7-12(13)10(3)8-11/h6-8H,1,4-5H2,2-3H3. The lowest BCUT2D eigenvalue weighted by atomic mass is 10.0.